The summed E-state index contributed by atoms with van der Waals surface area (Å²) < 4.78 is 60.8. The minimum absolute atomic E-state index is 0.0341. The molecule has 0 amide bonds. The molecule has 0 unspecified atom stereocenters. The van der Waals surface area contributed by atoms with E-state index in [4.69, 9.17) is 4.74 Å². The van der Waals surface area contributed by atoms with Crippen LogP contribution in [0.4, 0.5) is 14.5 Å². The summed E-state index contributed by atoms with van der Waals surface area (Å²) in [7, 11) is -2.30. The number of hydrogen-bond acceptors (Lipinski definition) is 7. The number of nitrogens with one attached hydrogen (secondary N) is 1. The molecule has 0 aliphatic carbocycles. The highest BCUT2D eigenvalue weighted by molar-refractivity contribution is 7.89. The van der Waals surface area contributed by atoms with Gasteiger partial charge in [0.05, 0.1) is 22.9 Å². The smallest absolute Gasteiger partial charge is 0.261 e. The van der Waals surface area contributed by atoms with Gasteiger partial charge in [0.1, 0.15) is 29.4 Å². The third-order valence-corrected chi connectivity index (χ3v) is 6.89. The van der Waals surface area contributed by atoms with E-state index in [1.165, 1.54) is 42.2 Å². The van der Waals surface area contributed by atoms with Crippen LogP contribution in [-0.4, -0.2) is 47.4 Å². The molecule has 0 saturated carbocycles. The van der Waals surface area contributed by atoms with Crippen molar-refractivity contribution in [3.05, 3.63) is 58.4 Å². The molecule has 0 spiro atoms. The molecule has 9 nitrogen and oxygen atoms in total. The van der Waals surface area contributed by atoms with Crippen molar-refractivity contribution in [1.29, 1.82) is 5.26 Å². The van der Waals surface area contributed by atoms with Gasteiger partial charge in [-0.1, -0.05) is 0 Å². The molecule has 2 heterocycles. The van der Waals surface area contributed by atoms with Gasteiger partial charge in [-0.2, -0.15) is 9.57 Å². The first kappa shape index (κ1) is 22.6. The molecule has 2 aromatic carbocycles. The zero-order valence-electron chi connectivity index (χ0n) is 17.5. The summed E-state index contributed by atoms with van der Waals surface area (Å²) >= 11 is 0. The van der Waals surface area contributed by atoms with Gasteiger partial charge in [0.15, 0.2) is 11.6 Å². The quantitative estimate of drug-likeness (QED) is 0.582. The highest BCUT2D eigenvalue weighted by Crippen LogP contribution is 2.34. The van der Waals surface area contributed by atoms with E-state index >= 15 is 0 Å². The number of alkyl halides is 1. The predicted molar refractivity (Wildman–Crippen MR) is 117 cm³/mol. The van der Waals surface area contributed by atoms with E-state index in [2.05, 4.69) is 10.3 Å². The highest BCUT2D eigenvalue weighted by atomic mass is 32.2. The summed E-state index contributed by atoms with van der Waals surface area (Å²) in [5.41, 5.74) is -0.130. The molecular formula is C21H19F2N5O4S. The van der Waals surface area contributed by atoms with E-state index in [0.717, 1.165) is 10.4 Å². The summed E-state index contributed by atoms with van der Waals surface area (Å²) in [4.78, 5) is 16.5. The molecule has 1 aliphatic rings. The first-order valence-electron chi connectivity index (χ1n) is 9.91. The zero-order valence-corrected chi connectivity index (χ0v) is 18.3. The number of fused-ring (bicyclic) bond motifs is 1. The Morgan fingerprint density at radius 1 is 1.33 bits per heavy atom. The number of hydrogen-bond donors (Lipinski definition) is 1. The van der Waals surface area contributed by atoms with Gasteiger partial charge in [-0.15, -0.1) is 0 Å². The van der Waals surface area contributed by atoms with Crippen molar-refractivity contribution >= 4 is 26.6 Å². The van der Waals surface area contributed by atoms with Crippen molar-refractivity contribution in [3.63, 3.8) is 0 Å². The van der Waals surface area contributed by atoms with E-state index in [-0.39, 0.29) is 47.5 Å². The fraction of sp³-hybridized carbons (Fsp3) is 0.286. The molecule has 0 bridgehead atoms. The zero-order chi connectivity index (χ0) is 23.8. The van der Waals surface area contributed by atoms with E-state index in [0.29, 0.717) is 5.52 Å². The number of rotatable bonds is 6. The molecule has 1 saturated heterocycles. The third-order valence-electron chi connectivity index (χ3n) is 5.26. The van der Waals surface area contributed by atoms with Crippen LogP contribution in [0.5, 0.6) is 11.5 Å². The van der Waals surface area contributed by atoms with Crippen LogP contribution < -0.4 is 15.6 Å². The average Bonchev–Trinajstić information content (AvgIpc) is 3.24. The molecule has 12 heteroatoms. The van der Waals surface area contributed by atoms with Crippen LogP contribution >= 0.6 is 0 Å². The third kappa shape index (κ3) is 4.50. The SMILES string of the molecule is Cn1cnc2ccc(Oc3c(F)ccc(NCS(=O)(=O)N4CC[C@@H](F)C4)c3C#N)cc2c1=O. The molecule has 172 valence electrons. The van der Waals surface area contributed by atoms with Crippen LogP contribution in [0.3, 0.4) is 0 Å². The minimum atomic E-state index is -3.84. The standard InChI is InChI=1S/C21H19F2N5O4S/c1-27-11-25-18-4-2-14(8-15(18)21(27)29)32-20-16(9-24)19(5-3-17(20)23)26-12-33(30,31)28-7-6-13(22)10-28/h2-5,8,11,13,26H,6-7,10,12H2,1H3/t13-/m1/s1. The van der Waals surface area contributed by atoms with Crippen LogP contribution in [0.15, 0.2) is 41.5 Å². The van der Waals surface area contributed by atoms with Crippen molar-refractivity contribution in [2.75, 3.05) is 24.3 Å². The fourth-order valence-electron chi connectivity index (χ4n) is 3.49. The molecule has 1 fully saturated rings. The molecule has 3 aromatic rings. The summed E-state index contributed by atoms with van der Waals surface area (Å²) in [6, 6.07) is 8.46. The maximum atomic E-state index is 14.6. The number of anilines is 1. The van der Waals surface area contributed by atoms with E-state index in [1.54, 1.807) is 0 Å². The molecule has 33 heavy (non-hydrogen) atoms. The van der Waals surface area contributed by atoms with E-state index < -0.39 is 33.6 Å². The van der Waals surface area contributed by atoms with Gasteiger partial charge >= 0.3 is 0 Å². The second-order valence-electron chi connectivity index (χ2n) is 7.53. The van der Waals surface area contributed by atoms with Crippen LogP contribution in [0.25, 0.3) is 10.9 Å². The molecular weight excluding hydrogens is 456 g/mol. The maximum Gasteiger partial charge on any atom is 0.261 e. The normalized spacial score (nSPS) is 16.6. The number of halogens is 2. The minimum Gasteiger partial charge on any atom is -0.453 e. The second kappa shape index (κ2) is 8.76. The van der Waals surface area contributed by atoms with Gasteiger partial charge in [0.2, 0.25) is 10.0 Å². The van der Waals surface area contributed by atoms with Crippen LogP contribution in [0.1, 0.15) is 12.0 Å². The number of benzene rings is 2. The number of ether oxygens (including phenoxy) is 1. The van der Waals surface area contributed by atoms with Gasteiger partial charge in [-0.25, -0.2) is 22.2 Å². The molecule has 4 rings (SSSR count). The van der Waals surface area contributed by atoms with Gasteiger partial charge in [-0.05, 0) is 36.8 Å². The van der Waals surface area contributed by atoms with Gasteiger partial charge in [0, 0.05) is 20.1 Å². The Balaban J connectivity index is 1.63. The van der Waals surface area contributed by atoms with Crippen molar-refractivity contribution in [2.45, 2.75) is 12.6 Å². The number of nitriles is 1. The molecule has 1 N–H and O–H groups in total. The van der Waals surface area contributed by atoms with Gasteiger partial charge in [0.25, 0.3) is 5.56 Å². The topological polar surface area (TPSA) is 117 Å². The van der Waals surface area contributed by atoms with Crippen molar-refractivity contribution in [2.24, 2.45) is 7.05 Å². The Bertz CT molecular complexity index is 1440. The van der Waals surface area contributed by atoms with E-state index in [9.17, 15) is 27.3 Å². The number of aryl methyl sites for hydroxylation is 1. The lowest BCUT2D eigenvalue weighted by Crippen LogP contribution is -2.33. The van der Waals surface area contributed by atoms with Crippen LogP contribution in [-0.2, 0) is 17.1 Å². The monoisotopic (exact) mass is 475 g/mol. The summed E-state index contributed by atoms with van der Waals surface area (Å²) in [6.45, 7) is -0.145. The average molecular weight is 475 g/mol. The molecule has 0 radical (unpaired) electrons. The van der Waals surface area contributed by atoms with Gasteiger partial charge in [-0.3, -0.25) is 4.79 Å². The largest absolute Gasteiger partial charge is 0.453 e. The fourth-order valence-corrected chi connectivity index (χ4v) is 4.78. The Morgan fingerprint density at radius 3 is 2.82 bits per heavy atom. The van der Waals surface area contributed by atoms with Crippen molar-refractivity contribution < 1.29 is 21.9 Å². The maximum absolute atomic E-state index is 14.6. The Labute approximate surface area is 187 Å². The number of aromatic nitrogens is 2. The summed E-state index contributed by atoms with van der Waals surface area (Å²) in [5, 5.41) is 12.5. The highest BCUT2D eigenvalue weighted by Gasteiger charge is 2.31. The second-order valence-corrected chi connectivity index (χ2v) is 9.50. The molecule has 1 aliphatic heterocycles. The van der Waals surface area contributed by atoms with Gasteiger partial charge < -0.3 is 14.6 Å². The lowest BCUT2D eigenvalue weighted by molar-refractivity contribution is 0.343. The Hall–Kier alpha value is -3.56. The van der Waals surface area contributed by atoms with Crippen molar-refractivity contribution in [3.8, 4) is 17.6 Å². The number of nitrogens with zero attached hydrogens (tertiary/aromatic N) is 4. The molecule has 1 atom stereocenters. The lowest BCUT2D eigenvalue weighted by Gasteiger charge is -2.18. The molecule has 1 aromatic heterocycles. The summed E-state index contributed by atoms with van der Waals surface area (Å²) in [6.07, 6.45) is 0.286. The van der Waals surface area contributed by atoms with Crippen molar-refractivity contribution in [1.82, 2.24) is 13.9 Å². The number of sulfonamides is 1. The van der Waals surface area contributed by atoms with Crippen LogP contribution in [0, 0.1) is 17.1 Å². The Morgan fingerprint density at radius 2 is 2.12 bits per heavy atom. The summed E-state index contributed by atoms with van der Waals surface area (Å²) in [5.74, 6) is -1.78. The first-order valence-corrected chi connectivity index (χ1v) is 11.5. The van der Waals surface area contributed by atoms with Crippen LogP contribution in [0.2, 0.25) is 0 Å². The lowest BCUT2D eigenvalue weighted by atomic mass is 10.1. The first-order chi connectivity index (χ1) is 15.7. The van der Waals surface area contributed by atoms with E-state index in [1.807, 2.05) is 6.07 Å². The predicted octanol–water partition coefficient (Wildman–Crippen LogP) is 2.48. The Kier molecular flexibility index (Phi) is 6.01.